The molecule has 0 saturated heterocycles. The minimum absolute atomic E-state index is 0.0596. The summed E-state index contributed by atoms with van der Waals surface area (Å²) in [6.45, 7) is 6.36. The van der Waals surface area contributed by atoms with Crippen LogP contribution in [0.1, 0.15) is 50.8 Å². The number of rotatable bonds is 6. The maximum Gasteiger partial charge on any atom is 0.306 e. The topological polar surface area (TPSA) is 61.5 Å². The summed E-state index contributed by atoms with van der Waals surface area (Å²) >= 11 is 0. The van der Waals surface area contributed by atoms with Crippen LogP contribution in [0.4, 0.5) is 0 Å². The Labute approximate surface area is 126 Å². The summed E-state index contributed by atoms with van der Waals surface area (Å²) in [5.74, 6) is 1.04. The Morgan fingerprint density at radius 1 is 1.52 bits per heavy atom. The summed E-state index contributed by atoms with van der Waals surface area (Å²) in [5, 5.41) is 0. The first-order chi connectivity index (χ1) is 9.99. The molecule has 1 aromatic rings. The fraction of sp³-hybridized carbons (Fsp3) is 0.588. The molecule has 1 aromatic carbocycles. The maximum atomic E-state index is 11.5. The molecule has 21 heavy (non-hydrogen) atoms. The van der Waals surface area contributed by atoms with E-state index in [1.807, 2.05) is 26.0 Å². The number of benzene rings is 1. The molecule has 1 aliphatic heterocycles. The van der Waals surface area contributed by atoms with E-state index in [-0.39, 0.29) is 24.0 Å². The van der Waals surface area contributed by atoms with Crippen LogP contribution in [-0.4, -0.2) is 18.7 Å². The van der Waals surface area contributed by atoms with E-state index in [2.05, 4.69) is 13.0 Å². The van der Waals surface area contributed by atoms with E-state index in [0.717, 1.165) is 24.2 Å². The van der Waals surface area contributed by atoms with E-state index in [1.54, 1.807) is 0 Å². The molecule has 0 spiro atoms. The monoisotopic (exact) mass is 291 g/mol. The van der Waals surface area contributed by atoms with E-state index < -0.39 is 0 Å². The van der Waals surface area contributed by atoms with Crippen LogP contribution in [0.3, 0.4) is 0 Å². The zero-order valence-electron chi connectivity index (χ0n) is 13.1. The number of ether oxygens (including phenoxy) is 2. The minimum Gasteiger partial charge on any atom is -0.490 e. The van der Waals surface area contributed by atoms with Crippen molar-refractivity contribution in [2.45, 2.75) is 52.2 Å². The van der Waals surface area contributed by atoms with Gasteiger partial charge >= 0.3 is 5.97 Å². The van der Waals surface area contributed by atoms with E-state index >= 15 is 0 Å². The average molecular weight is 291 g/mol. The van der Waals surface area contributed by atoms with E-state index in [9.17, 15) is 4.79 Å². The number of esters is 1. The van der Waals surface area contributed by atoms with Crippen LogP contribution < -0.4 is 10.5 Å². The number of fused-ring (bicyclic) bond motifs is 1. The molecule has 0 amide bonds. The lowest BCUT2D eigenvalue weighted by atomic mass is 9.93. The minimum atomic E-state index is -0.145. The summed E-state index contributed by atoms with van der Waals surface area (Å²) < 4.78 is 10.7. The molecule has 0 aliphatic carbocycles. The molecule has 3 unspecified atom stereocenters. The fourth-order valence-electron chi connectivity index (χ4n) is 2.83. The smallest absolute Gasteiger partial charge is 0.306 e. The van der Waals surface area contributed by atoms with Crippen molar-refractivity contribution >= 4 is 5.97 Å². The fourth-order valence-corrected chi connectivity index (χ4v) is 2.83. The first kappa shape index (κ1) is 15.8. The Morgan fingerprint density at radius 3 is 3.00 bits per heavy atom. The first-order valence-electron chi connectivity index (χ1n) is 7.70. The van der Waals surface area contributed by atoms with Crippen molar-refractivity contribution < 1.29 is 14.3 Å². The van der Waals surface area contributed by atoms with Crippen molar-refractivity contribution in [2.75, 3.05) is 6.61 Å². The number of nitrogens with two attached hydrogens (primary N) is 1. The van der Waals surface area contributed by atoms with Crippen molar-refractivity contribution in [1.82, 2.24) is 0 Å². The zero-order chi connectivity index (χ0) is 15.4. The Kier molecular flexibility index (Phi) is 5.23. The molecule has 116 valence electrons. The van der Waals surface area contributed by atoms with Gasteiger partial charge < -0.3 is 15.2 Å². The van der Waals surface area contributed by atoms with Gasteiger partial charge in [-0.05, 0) is 43.4 Å². The largest absolute Gasteiger partial charge is 0.490 e. The van der Waals surface area contributed by atoms with E-state index in [1.165, 1.54) is 5.56 Å². The third kappa shape index (κ3) is 4.21. The predicted molar refractivity (Wildman–Crippen MR) is 82.2 cm³/mol. The van der Waals surface area contributed by atoms with Crippen LogP contribution in [0.25, 0.3) is 0 Å². The van der Waals surface area contributed by atoms with Crippen molar-refractivity contribution in [2.24, 2.45) is 11.7 Å². The summed E-state index contributed by atoms with van der Waals surface area (Å²) in [6, 6.07) is 6.11. The van der Waals surface area contributed by atoms with Gasteiger partial charge in [0.05, 0.1) is 6.61 Å². The van der Waals surface area contributed by atoms with Gasteiger partial charge in [-0.25, -0.2) is 0 Å². The third-order valence-corrected chi connectivity index (χ3v) is 3.82. The molecule has 0 saturated carbocycles. The number of carbonyl (C=O) groups excluding carboxylic acids is 1. The van der Waals surface area contributed by atoms with Crippen LogP contribution in [-0.2, 0) is 16.0 Å². The van der Waals surface area contributed by atoms with E-state index in [4.69, 9.17) is 15.2 Å². The van der Waals surface area contributed by atoms with Crippen LogP contribution >= 0.6 is 0 Å². The molecule has 4 nitrogen and oxygen atoms in total. The van der Waals surface area contributed by atoms with Gasteiger partial charge in [0.1, 0.15) is 11.9 Å². The lowest BCUT2D eigenvalue weighted by molar-refractivity contribution is -0.144. The molecule has 2 N–H and O–H groups in total. The molecule has 0 aromatic heterocycles. The number of hydrogen-bond acceptors (Lipinski definition) is 4. The van der Waals surface area contributed by atoms with Crippen LogP contribution in [0, 0.1) is 5.92 Å². The van der Waals surface area contributed by atoms with Crippen molar-refractivity contribution in [3.05, 3.63) is 29.3 Å². The van der Waals surface area contributed by atoms with E-state index in [0.29, 0.717) is 13.0 Å². The van der Waals surface area contributed by atoms with Gasteiger partial charge in [0, 0.05) is 18.9 Å². The normalized spacial score (nSPS) is 19.5. The molecule has 0 fully saturated rings. The zero-order valence-corrected chi connectivity index (χ0v) is 13.1. The van der Waals surface area contributed by atoms with Gasteiger partial charge in [-0.2, -0.15) is 0 Å². The molecule has 4 heteroatoms. The van der Waals surface area contributed by atoms with Gasteiger partial charge in [-0.15, -0.1) is 0 Å². The SMILES string of the molecule is CCOC(=O)CC(C)CC(N)c1ccc2c(c1)CC(C)O2. The second-order valence-electron chi connectivity index (χ2n) is 5.96. The van der Waals surface area contributed by atoms with Crippen molar-refractivity contribution in [1.29, 1.82) is 0 Å². The summed E-state index contributed by atoms with van der Waals surface area (Å²) in [7, 11) is 0. The predicted octanol–water partition coefficient (Wildman–Crippen LogP) is 2.99. The van der Waals surface area contributed by atoms with Crippen LogP contribution in [0.5, 0.6) is 5.75 Å². The van der Waals surface area contributed by atoms with Gasteiger partial charge in [0.2, 0.25) is 0 Å². The Bertz CT molecular complexity index is 501. The summed E-state index contributed by atoms with van der Waals surface area (Å²) in [5.41, 5.74) is 8.62. The Balaban J connectivity index is 1.93. The quantitative estimate of drug-likeness (QED) is 0.818. The van der Waals surface area contributed by atoms with Crippen molar-refractivity contribution in [3.8, 4) is 5.75 Å². The molecule has 1 heterocycles. The average Bonchev–Trinajstić information content (AvgIpc) is 2.77. The van der Waals surface area contributed by atoms with Gasteiger partial charge in [0.15, 0.2) is 0 Å². The molecular weight excluding hydrogens is 266 g/mol. The summed E-state index contributed by atoms with van der Waals surface area (Å²) in [6.07, 6.45) is 2.38. The molecule has 0 radical (unpaired) electrons. The molecule has 3 atom stereocenters. The van der Waals surface area contributed by atoms with Gasteiger partial charge in [0.25, 0.3) is 0 Å². The number of hydrogen-bond donors (Lipinski definition) is 1. The lowest BCUT2D eigenvalue weighted by Crippen LogP contribution is -2.17. The highest BCUT2D eigenvalue weighted by molar-refractivity contribution is 5.69. The lowest BCUT2D eigenvalue weighted by Gasteiger charge is -2.17. The first-order valence-corrected chi connectivity index (χ1v) is 7.70. The van der Waals surface area contributed by atoms with Gasteiger partial charge in [-0.3, -0.25) is 4.79 Å². The Morgan fingerprint density at radius 2 is 2.29 bits per heavy atom. The standard InChI is InChI=1S/C17H25NO3/c1-4-20-17(19)8-11(2)7-15(18)13-5-6-16-14(10-13)9-12(3)21-16/h5-6,10-12,15H,4,7-9,18H2,1-3H3. The molecule has 2 rings (SSSR count). The molecule has 1 aliphatic rings. The molecule has 0 bridgehead atoms. The van der Waals surface area contributed by atoms with Crippen molar-refractivity contribution in [3.63, 3.8) is 0 Å². The maximum absolute atomic E-state index is 11.5. The molecular formula is C17H25NO3. The highest BCUT2D eigenvalue weighted by atomic mass is 16.5. The second-order valence-corrected chi connectivity index (χ2v) is 5.96. The highest BCUT2D eigenvalue weighted by Crippen LogP contribution is 2.32. The second kappa shape index (κ2) is 6.94. The summed E-state index contributed by atoms with van der Waals surface area (Å²) in [4.78, 5) is 11.5. The Hall–Kier alpha value is -1.55. The van der Waals surface area contributed by atoms with Crippen LogP contribution in [0.15, 0.2) is 18.2 Å². The van der Waals surface area contributed by atoms with Crippen LogP contribution in [0.2, 0.25) is 0 Å². The third-order valence-electron chi connectivity index (χ3n) is 3.82. The highest BCUT2D eigenvalue weighted by Gasteiger charge is 2.21. The number of carbonyl (C=O) groups is 1. The van der Waals surface area contributed by atoms with Gasteiger partial charge in [-0.1, -0.05) is 19.1 Å².